The smallest absolute Gasteiger partial charge is 0.415 e. The molecule has 0 saturated carbocycles. The van der Waals surface area contributed by atoms with Crippen LogP contribution in [0.2, 0.25) is 0 Å². The van der Waals surface area contributed by atoms with E-state index in [1.165, 1.54) is 4.90 Å². The van der Waals surface area contributed by atoms with Gasteiger partial charge in [0.2, 0.25) is 10.9 Å². The van der Waals surface area contributed by atoms with Crippen molar-refractivity contribution in [1.29, 1.82) is 0 Å². The number of ether oxygens (including phenoxy) is 4. The molecule has 0 N–H and O–H groups in total. The Kier molecular flexibility index (Phi) is 8.27. The third kappa shape index (κ3) is 6.31. The van der Waals surface area contributed by atoms with Gasteiger partial charge in [0.05, 0.1) is 19.3 Å². The van der Waals surface area contributed by atoms with Crippen LogP contribution in [0, 0.1) is 17.5 Å². The summed E-state index contributed by atoms with van der Waals surface area (Å²) in [6.45, 7) is 0.505. The van der Waals surface area contributed by atoms with Crippen LogP contribution in [0.1, 0.15) is 22.3 Å². The van der Waals surface area contributed by atoms with Crippen molar-refractivity contribution in [2.45, 2.75) is 24.3 Å². The summed E-state index contributed by atoms with van der Waals surface area (Å²) >= 11 is 1.11. The van der Waals surface area contributed by atoms with Crippen LogP contribution in [0.5, 0.6) is 17.2 Å². The molecule has 204 valence electrons. The number of carbonyl (C=O) groups is 2. The lowest BCUT2D eigenvalue weighted by molar-refractivity contribution is 0.0643. The van der Waals surface area contributed by atoms with Gasteiger partial charge in [-0.3, -0.25) is 4.79 Å². The molecule has 2 atom stereocenters. The molecule has 2 aliphatic rings. The van der Waals surface area contributed by atoms with Gasteiger partial charge in [-0.15, -0.1) is 0 Å². The Morgan fingerprint density at radius 3 is 2.54 bits per heavy atom. The standard InChI is InChI=1S/C28H24F3NO6S/c29-21-13-23(31)22(30)11-18(21)15-35-16-19-12-20(39-27(33)17-5-2-1-3-6-17)14-32(19)28(34)38-25-8-4-7-24-26(25)37-10-9-36-24/h1-8,11,13,19-20H,9-10,12,14-16H2/t19-,20+/m0/s1. The van der Waals surface area contributed by atoms with Gasteiger partial charge in [-0.25, -0.2) is 18.0 Å². The van der Waals surface area contributed by atoms with Crippen molar-refractivity contribution in [2.75, 3.05) is 26.4 Å². The molecule has 11 heteroatoms. The zero-order valence-corrected chi connectivity index (χ0v) is 21.4. The van der Waals surface area contributed by atoms with Gasteiger partial charge in [0.1, 0.15) is 19.0 Å². The number of amides is 1. The Hall–Kier alpha value is -3.70. The van der Waals surface area contributed by atoms with Crippen molar-refractivity contribution in [3.63, 3.8) is 0 Å². The molecule has 0 aromatic heterocycles. The van der Waals surface area contributed by atoms with Crippen LogP contribution in [0.15, 0.2) is 60.7 Å². The number of fused-ring (bicyclic) bond motifs is 1. The van der Waals surface area contributed by atoms with Crippen molar-refractivity contribution in [3.05, 3.63) is 89.2 Å². The fraction of sp³-hybridized carbons (Fsp3) is 0.286. The highest BCUT2D eigenvalue weighted by Gasteiger charge is 2.38. The van der Waals surface area contributed by atoms with Gasteiger partial charge < -0.3 is 23.8 Å². The van der Waals surface area contributed by atoms with Crippen LogP contribution in [0.25, 0.3) is 0 Å². The normalized spacial score (nSPS) is 18.2. The molecule has 3 aromatic rings. The zero-order valence-electron chi connectivity index (χ0n) is 20.6. The average Bonchev–Trinajstić information content (AvgIpc) is 3.34. The second-order valence-corrected chi connectivity index (χ2v) is 10.2. The maximum absolute atomic E-state index is 14.0. The Labute approximate surface area is 226 Å². The number of hydrogen-bond acceptors (Lipinski definition) is 7. The number of thioether (sulfide) groups is 1. The summed E-state index contributed by atoms with van der Waals surface area (Å²) < 4.78 is 63.3. The minimum atomic E-state index is -1.29. The first-order valence-corrected chi connectivity index (χ1v) is 13.1. The van der Waals surface area contributed by atoms with E-state index in [1.54, 1.807) is 42.5 Å². The van der Waals surface area contributed by atoms with Gasteiger partial charge in [-0.2, -0.15) is 0 Å². The molecule has 5 rings (SSSR count). The summed E-state index contributed by atoms with van der Waals surface area (Å²) in [5, 5.41) is -0.398. The highest BCUT2D eigenvalue weighted by molar-refractivity contribution is 8.14. The summed E-state index contributed by atoms with van der Waals surface area (Å²) in [4.78, 5) is 27.5. The maximum Gasteiger partial charge on any atom is 0.415 e. The van der Waals surface area contributed by atoms with E-state index in [-0.39, 0.29) is 41.4 Å². The molecule has 1 amide bonds. The van der Waals surface area contributed by atoms with Crippen molar-refractivity contribution in [1.82, 2.24) is 4.90 Å². The van der Waals surface area contributed by atoms with Gasteiger partial charge in [-0.05, 0) is 24.6 Å². The largest absolute Gasteiger partial charge is 0.486 e. The predicted octanol–water partition coefficient (Wildman–Crippen LogP) is 5.61. The maximum atomic E-state index is 14.0. The summed E-state index contributed by atoms with van der Waals surface area (Å²) in [5.74, 6) is -2.44. The molecule has 0 aliphatic carbocycles. The van der Waals surface area contributed by atoms with E-state index < -0.39 is 29.6 Å². The van der Waals surface area contributed by atoms with Gasteiger partial charge >= 0.3 is 6.09 Å². The second-order valence-electron chi connectivity index (χ2n) is 8.96. The first-order chi connectivity index (χ1) is 18.9. The minimum Gasteiger partial charge on any atom is -0.486 e. The predicted molar refractivity (Wildman–Crippen MR) is 137 cm³/mol. The van der Waals surface area contributed by atoms with Crippen molar-refractivity contribution >= 4 is 23.0 Å². The number of likely N-dealkylation sites (tertiary alicyclic amines) is 1. The Bertz CT molecular complexity index is 1360. The van der Waals surface area contributed by atoms with Crippen LogP contribution >= 0.6 is 11.8 Å². The monoisotopic (exact) mass is 559 g/mol. The number of nitrogens with zero attached hydrogens (tertiary/aromatic N) is 1. The summed E-state index contributed by atoms with van der Waals surface area (Å²) in [6.07, 6.45) is -0.286. The first-order valence-electron chi connectivity index (χ1n) is 12.2. The van der Waals surface area contributed by atoms with E-state index in [2.05, 4.69) is 0 Å². The van der Waals surface area contributed by atoms with Crippen molar-refractivity contribution in [2.24, 2.45) is 0 Å². The summed E-state index contributed by atoms with van der Waals surface area (Å²) in [7, 11) is 0. The lowest BCUT2D eigenvalue weighted by Crippen LogP contribution is -2.40. The number of hydrogen-bond donors (Lipinski definition) is 0. The molecule has 2 heterocycles. The first kappa shape index (κ1) is 26.9. The van der Waals surface area contributed by atoms with E-state index in [1.807, 2.05) is 6.07 Å². The second kappa shape index (κ2) is 12.0. The Morgan fingerprint density at radius 2 is 1.72 bits per heavy atom. The number of benzene rings is 3. The number of halogens is 3. The molecular weight excluding hydrogens is 535 g/mol. The molecule has 3 aromatic carbocycles. The van der Waals surface area contributed by atoms with Gasteiger partial charge in [-0.1, -0.05) is 48.2 Å². The van der Waals surface area contributed by atoms with Crippen LogP contribution in [0.4, 0.5) is 18.0 Å². The number of rotatable bonds is 7. The molecule has 1 saturated heterocycles. The molecule has 0 unspecified atom stereocenters. The fourth-order valence-corrected chi connectivity index (χ4v) is 5.52. The van der Waals surface area contributed by atoms with Gasteiger partial charge in [0, 0.05) is 29.0 Å². The SMILES string of the molecule is O=C(S[C@@H]1C[C@@H](COCc2cc(F)c(F)cc2F)N(C(=O)Oc2cccc3c2OCCO3)C1)c1ccccc1. The van der Waals surface area contributed by atoms with Crippen LogP contribution in [0.3, 0.4) is 0 Å². The summed E-state index contributed by atoms with van der Waals surface area (Å²) in [5.41, 5.74) is 0.387. The molecular formula is C28H24F3NO6S. The topological polar surface area (TPSA) is 74.3 Å². The lowest BCUT2D eigenvalue weighted by Gasteiger charge is -2.25. The van der Waals surface area contributed by atoms with E-state index in [4.69, 9.17) is 18.9 Å². The van der Waals surface area contributed by atoms with E-state index >= 15 is 0 Å². The number of para-hydroxylation sites is 1. The molecule has 0 spiro atoms. The quantitative estimate of drug-likeness (QED) is 0.349. The molecule has 2 aliphatic heterocycles. The number of carbonyl (C=O) groups excluding carboxylic acids is 2. The zero-order chi connectivity index (χ0) is 27.4. The van der Waals surface area contributed by atoms with Gasteiger partial charge in [0.25, 0.3) is 0 Å². The molecule has 0 radical (unpaired) electrons. The van der Waals surface area contributed by atoms with Crippen molar-refractivity contribution in [3.8, 4) is 17.2 Å². The van der Waals surface area contributed by atoms with Crippen LogP contribution in [-0.4, -0.2) is 53.8 Å². The molecule has 39 heavy (non-hydrogen) atoms. The molecule has 1 fully saturated rings. The minimum absolute atomic E-state index is 0.0450. The van der Waals surface area contributed by atoms with E-state index in [0.717, 1.165) is 17.8 Å². The van der Waals surface area contributed by atoms with Crippen molar-refractivity contribution < 1.29 is 41.7 Å². The average molecular weight is 560 g/mol. The Balaban J connectivity index is 1.29. The fourth-order valence-electron chi connectivity index (χ4n) is 4.39. The van der Waals surface area contributed by atoms with E-state index in [9.17, 15) is 22.8 Å². The van der Waals surface area contributed by atoms with Crippen LogP contribution in [-0.2, 0) is 11.3 Å². The van der Waals surface area contributed by atoms with E-state index in [0.29, 0.717) is 42.8 Å². The molecule has 7 nitrogen and oxygen atoms in total. The highest BCUT2D eigenvalue weighted by Crippen LogP contribution is 2.40. The summed E-state index contributed by atoms with van der Waals surface area (Å²) in [6, 6.07) is 14.4. The molecule has 0 bridgehead atoms. The van der Waals surface area contributed by atoms with Crippen LogP contribution < -0.4 is 14.2 Å². The van der Waals surface area contributed by atoms with Gasteiger partial charge in [0.15, 0.2) is 23.1 Å². The Morgan fingerprint density at radius 1 is 0.949 bits per heavy atom. The highest BCUT2D eigenvalue weighted by atomic mass is 32.2. The lowest BCUT2D eigenvalue weighted by atomic mass is 10.2. The third-order valence-electron chi connectivity index (χ3n) is 6.28. The third-order valence-corrected chi connectivity index (χ3v) is 7.40.